The van der Waals surface area contributed by atoms with Crippen LogP contribution >= 0.6 is 0 Å². The molecule has 17 heavy (non-hydrogen) atoms. The second-order valence-corrected chi connectivity index (χ2v) is 5.55. The van der Waals surface area contributed by atoms with Gasteiger partial charge in [0.1, 0.15) is 0 Å². The number of nitrogens with one attached hydrogen (secondary N) is 2. The third-order valence-electron chi connectivity index (χ3n) is 3.96. The van der Waals surface area contributed by atoms with Gasteiger partial charge in [0.2, 0.25) is 11.8 Å². The fourth-order valence-corrected chi connectivity index (χ4v) is 3.00. The van der Waals surface area contributed by atoms with Gasteiger partial charge in [-0.15, -0.1) is 0 Å². The summed E-state index contributed by atoms with van der Waals surface area (Å²) < 4.78 is 0. The third-order valence-corrected chi connectivity index (χ3v) is 3.96. The Balaban J connectivity index is 1.65. The minimum absolute atomic E-state index is 0.154. The van der Waals surface area contributed by atoms with Crippen LogP contribution in [0.15, 0.2) is 0 Å². The van der Waals surface area contributed by atoms with Gasteiger partial charge in [-0.25, -0.2) is 0 Å². The molecule has 0 bridgehead atoms. The van der Waals surface area contributed by atoms with Crippen LogP contribution in [0.1, 0.15) is 45.4 Å². The van der Waals surface area contributed by atoms with E-state index in [1.807, 2.05) is 0 Å². The smallest absolute Gasteiger partial charge is 0.244 e. The van der Waals surface area contributed by atoms with E-state index < -0.39 is 0 Å². The zero-order valence-corrected chi connectivity index (χ0v) is 10.5. The molecule has 3 atom stereocenters. The molecule has 1 saturated heterocycles. The van der Waals surface area contributed by atoms with E-state index in [-0.39, 0.29) is 17.9 Å². The summed E-state index contributed by atoms with van der Waals surface area (Å²) >= 11 is 0. The standard InChI is InChI=1S/C13H22N2O2/c1-9-3-2-4-10(7-9)5-6-14-11-8-12(16)15-13(11)17/h9-11,14H,2-8H2,1H3,(H,15,16,17). The van der Waals surface area contributed by atoms with Crippen LogP contribution in [0.2, 0.25) is 0 Å². The lowest BCUT2D eigenvalue weighted by Crippen LogP contribution is -2.37. The highest BCUT2D eigenvalue weighted by molar-refractivity contribution is 6.05. The molecule has 1 aliphatic heterocycles. The molecule has 2 amide bonds. The van der Waals surface area contributed by atoms with Gasteiger partial charge in [0.05, 0.1) is 12.5 Å². The number of carbonyl (C=O) groups is 2. The number of hydrogen-bond donors (Lipinski definition) is 2. The molecule has 4 heteroatoms. The summed E-state index contributed by atoms with van der Waals surface area (Å²) in [6.07, 6.45) is 6.78. The fourth-order valence-electron chi connectivity index (χ4n) is 3.00. The minimum Gasteiger partial charge on any atom is -0.305 e. The summed E-state index contributed by atoms with van der Waals surface area (Å²) in [5.74, 6) is 1.34. The molecule has 0 spiro atoms. The molecule has 2 N–H and O–H groups in total. The Hall–Kier alpha value is -0.900. The molecule has 96 valence electrons. The Morgan fingerprint density at radius 2 is 2.18 bits per heavy atom. The SMILES string of the molecule is CC1CCCC(CCNC2CC(=O)NC2=O)C1. The molecular weight excluding hydrogens is 216 g/mol. The molecule has 1 heterocycles. The molecule has 0 aromatic heterocycles. The molecule has 0 aromatic carbocycles. The Labute approximate surface area is 103 Å². The van der Waals surface area contributed by atoms with Gasteiger partial charge in [0.25, 0.3) is 0 Å². The average molecular weight is 238 g/mol. The van der Waals surface area contributed by atoms with Crippen LogP contribution in [-0.2, 0) is 9.59 Å². The molecule has 0 aromatic rings. The van der Waals surface area contributed by atoms with E-state index in [0.29, 0.717) is 6.42 Å². The van der Waals surface area contributed by atoms with Gasteiger partial charge in [-0.3, -0.25) is 14.9 Å². The van der Waals surface area contributed by atoms with Crippen LogP contribution < -0.4 is 10.6 Å². The van der Waals surface area contributed by atoms with Gasteiger partial charge >= 0.3 is 0 Å². The Morgan fingerprint density at radius 1 is 1.35 bits per heavy atom. The maximum atomic E-state index is 11.3. The van der Waals surface area contributed by atoms with E-state index in [1.54, 1.807) is 0 Å². The molecule has 4 nitrogen and oxygen atoms in total. The topological polar surface area (TPSA) is 58.2 Å². The molecule has 1 aliphatic carbocycles. The predicted molar refractivity (Wildman–Crippen MR) is 65.3 cm³/mol. The number of amides is 2. The lowest BCUT2D eigenvalue weighted by atomic mass is 9.81. The summed E-state index contributed by atoms with van der Waals surface area (Å²) in [6, 6.07) is -0.288. The van der Waals surface area contributed by atoms with Crippen LogP contribution in [0, 0.1) is 11.8 Å². The van der Waals surface area contributed by atoms with Crippen molar-refractivity contribution in [2.24, 2.45) is 11.8 Å². The number of rotatable bonds is 4. The van der Waals surface area contributed by atoms with Gasteiger partial charge in [-0.2, -0.15) is 0 Å². The van der Waals surface area contributed by atoms with Gasteiger partial charge in [0, 0.05) is 0 Å². The summed E-state index contributed by atoms with van der Waals surface area (Å²) in [6.45, 7) is 3.17. The summed E-state index contributed by atoms with van der Waals surface area (Å²) in [4.78, 5) is 22.3. The van der Waals surface area contributed by atoms with E-state index >= 15 is 0 Å². The van der Waals surface area contributed by atoms with Gasteiger partial charge in [-0.1, -0.05) is 26.2 Å². The highest BCUT2D eigenvalue weighted by atomic mass is 16.2. The van der Waals surface area contributed by atoms with E-state index in [4.69, 9.17) is 0 Å². The second kappa shape index (κ2) is 5.63. The second-order valence-electron chi connectivity index (χ2n) is 5.55. The van der Waals surface area contributed by atoms with Gasteiger partial charge in [-0.05, 0) is 31.2 Å². The molecule has 3 unspecified atom stereocenters. The Morgan fingerprint density at radius 3 is 2.82 bits per heavy atom. The van der Waals surface area contributed by atoms with E-state index in [1.165, 1.54) is 25.7 Å². The van der Waals surface area contributed by atoms with Gasteiger partial charge in [0.15, 0.2) is 0 Å². The fraction of sp³-hybridized carbons (Fsp3) is 0.846. The third kappa shape index (κ3) is 3.53. The first-order chi connectivity index (χ1) is 8.15. The lowest BCUT2D eigenvalue weighted by Gasteiger charge is -2.26. The maximum Gasteiger partial charge on any atom is 0.244 e. The van der Waals surface area contributed by atoms with Crippen molar-refractivity contribution in [1.82, 2.24) is 10.6 Å². The zero-order valence-electron chi connectivity index (χ0n) is 10.5. The van der Waals surface area contributed by atoms with Crippen molar-refractivity contribution >= 4 is 11.8 Å². The van der Waals surface area contributed by atoms with Crippen molar-refractivity contribution in [2.45, 2.75) is 51.5 Å². The number of imide groups is 1. The summed E-state index contributed by atoms with van der Waals surface area (Å²) in [7, 11) is 0. The van der Waals surface area contributed by atoms with E-state index in [0.717, 1.165) is 24.8 Å². The van der Waals surface area contributed by atoms with Crippen molar-refractivity contribution in [1.29, 1.82) is 0 Å². The van der Waals surface area contributed by atoms with E-state index in [9.17, 15) is 9.59 Å². The van der Waals surface area contributed by atoms with Crippen molar-refractivity contribution < 1.29 is 9.59 Å². The first-order valence-corrected chi connectivity index (χ1v) is 6.72. The van der Waals surface area contributed by atoms with Crippen LogP contribution in [0.4, 0.5) is 0 Å². The number of hydrogen-bond acceptors (Lipinski definition) is 3. The monoisotopic (exact) mass is 238 g/mol. The maximum absolute atomic E-state index is 11.3. The van der Waals surface area contributed by atoms with Crippen molar-refractivity contribution in [3.8, 4) is 0 Å². The van der Waals surface area contributed by atoms with Crippen molar-refractivity contribution in [3.05, 3.63) is 0 Å². The quantitative estimate of drug-likeness (QED) is 0.724. The predicted octanol–water partition coefficient (Wildman–Crippen LogP) is 1.21. The zero-order chi connectivity index (χ0) is 12.3. The van der Waals surface area contributed by atoms with Crippen molar-refractivity contribution in [3.63, 3.8) is 0 Å². The number of carbonyl (C=O) groups excluding carboxylic acids is 2. The highest BCUT2D eigenvalue weighted by Gasteiger charge is 2.30. The van der Waals surface area contributed by atoms with Crippen LogP contribution in [-0.4, -0.2) is 24.4 Å². The minimum atomic E-state index is -0.288. The highest BCUT2D eigenvalue weighted by Crippen LogP contribution is 2.30. The average Bonchev–Trinajstić information content (AvgIpc) is 2.58. The normalized spacial score (nSPS) is 33.8. The molecule has 1 saturated carbocycles. The van der Waals surface area contributed by atoms with Crippen LogP contribution in [0.5, 0.6) is 0 Å². The van der Waals surface area contributed by atoms with E-state index in [2.05, 4.69) is 17.6 Å². The Kier molecular flexibility index (Phi) is 4.15. The largest absolute Gasteiger partial charge is 0.305 e. The van der Waals surface area contributed by atoms with Crippen molar-refractivity contribution in [2.75, 3.05) is 6.54 Å². The lowest BCUT2D eigenvalue weighted by molar-refractivity contribution is -0.125. The Bertz CT molecular complexity index is 304. The molecule has 2 rings (SSSR count). The molecule has 2 fully saturated rings. The van der Waals surface area contributed by atoms with Gasteiger partial charge < -0.3 is 5.32 Å². The summed E-state index contributed by atoms with van der Waals surface area (Å²) in [5, 5.41) is 5.51. The molecular formula is C13H22N2O2. The first kappa shape index (κ1) is 12.6. The van der Waals surface area contributed by atoms with Crippen LogP contribution in [0.25, 0.3) is 0 Å². The first-order valence-electron chi connectivity index (χ1n) is 6.72. The molecule has 0 radical (unpaired) electrons. The molecule has 2 aliphatic rings. The summed E-state index contributed by atoms with van der Waals surface area (Å²) in [5.41, 5.74) is 0. The van der Waals surface area contributed by atoms with Crippen LogP contribution in [0.3, 0.4) is 0 Å².